The number of halogens is 1. The summed E-state index contributed by atoms with van der Waals surface area (Å²) in [5, 5.41) is 2.58. The third-order valence-electron chi connectivity index (χ3n) is 3.69. The van der Waals surface area contributed by atoms with Crippen molar-refractivity contribution in [3.8, 4) is 0 Å². The van der Waals surface area contributed by atoms with Gasteiger partial charge < -0.3 is 5.32 Å². The largest absolute Gasteiger partial charge is 0.326 e. The molecular formula is C16H15FN2O3S2. The van der Waals surface area contributed by atoms with Crippen LogP contribution in [0.5, 0.6) is 0 Å². The number of hydrogen-bond acceptors (Lipinski definition) is 4. The Bertz CT molecular complexity index is 914. The quantitative estimate of drug-likeness (QED) is 0.815. The Morgan fingerprint density at radius 2 is 1.96 bits per heavy atom. The predicted octanol–water partition coefficient (Wildman–Crippen LogP) is 3.23. The average Bonchev–Trinajstić information content (AvgIpc) is 2.55. The van der Waals surface area contributed by atoms with Gasteiger partial charge >= 0.3 is 0 Å². The fraction of sp³-hybridized carbons (Fsp3) is 0.188. The van der Waals surface area contributed by atoms with Crippen molar-refractivity contribution >= 4 is 39.1 Å². The molecule has 0 spiro atoms. The molecule has 1 aliphatic rings. The molecule has 0 aromatic heterocycles. The van der Waals surface area contributed by atoms with Crippen LogP contribution in [0.3, 0.4) is 0 Å². The Labute approximate surface area is 143 Å². The molecule has 2 N–H and O–H groups in total. The molecule has 0 saturated heterocycles. The molecule has 0 saturated carbocycles. The van der Waals surface area contributed by atoms with Gasteiger partial charge in [-0.25, -0.2) is 12.8 Å². The maximum Gasteiger partial charge on any atom is 0.263 e. The van der Waals surface area contributed by atoms with E-state index >= 15 is 0 Å². The normalized spacial score (nSPS) is 14.0. The lowest BCUT2D eigenvalue weighted by atomic mass is 10.0. The van der Waals surface area contributed by atoms with Crippen molar-refractivity contribution in [3.63, 3.8) is 0 Å². The number of nitrogens with one attached hydrogen (secondary N) is 2. The van der Waals surface area contributed by atoms with Gasteiger partial charge in [0.15, 0.2) is 0 Å². The molecule has 1 aliphatic heterocycles. The van der Waals surface area contributed by atoms with Crippen LogP contribution < -0.4 is 10.0 Å². The lowest BCUT2D eigenvalue weighted by molar-refractivity contribution is -0.116. The van der Waals surface area contributed by atoms with Crippen LogP contribution >= 0.6 is 11.8 Å². The molecule has 3 rings (SSSR count). The zero-order valence-electron chi connectivity index (χ0n) is 12.8. The Morgan fingerprint density at radius 3 is 2.71 bits per heavy atom. The molecule has 1 heterocycles. The van der Waals surface area contributed by atoms with Gasteiger partial charge in [0, 0.05) is 17.0 Å². The first-order valence-electron chi connectivity index (χ1n) is 7.19. The van der Waals surface area contributed by atoms with Crippen molar-refractivity contribution in [2.75, 3.05) is 16.3 Å². The summed E-state index contributed by atoms with van der Waals surface area (Å²) in [4.78, 5) is 12.0. The molecule has 0 atom stereocenters. The summed E-state index contributed by atoms with van der Waals surface area (Å²) >= 11 is 1.30. The number of hydrogen-bond donors (Lipinski definition) is 2. The minimum Gasteiger partial charge on any atom is -0.326 e. The summed E-state index contributed by atoms with van der Waals surface area (Å²) in [6.45, 7) is 0. The second-order valence-electron chi connectivity index (χ2n) is 5.29. The Hall–Kier alpha value is -2.06. The number of thioether (sulfide) groups is 1. The maximum absolute atomic E-state index is 14.2. The van der Waals surface area contributed by atoms with Crippen molar-refractivity contribution in [1.82, 2.24) is 0 Å². The first kappa shape index (κ1) is 16.8. The fourth-order valence-electron chi connectivity index (χ4n) is 2.52. The van der Waals surface area contributed by atoms with Crippen LogP contribution in [0.25, 0.3) is 0 Å². The second-order valence-corrected chi connectivity index (χ2v) is 7.79. The second kappa shape index (κ2) is 6.45. The van der Waals surface area contributed by atoms with Crippen LogP contribution in [-0.4, -0.2) is 20.6 Å². The van der Waals surface area contributed by atoms with Gasteiger partial charge in [0.2, 0.25) is 5.91 Å². The molecule has 2 aromatic carbocycles. The maximum atomic E-state index is 14.2. The van der Waals surface area contributed by atoms with Crippen LogP contribution in [0.15, 0.2) is 46.2 Å². The van der Waals surface area contributed by atoms with Crippen LogP contribution in [0.1, 0.15) is 12.0 Å². The topological polar surface area (TPSA) is 75.3 Å². The average molecular weight is 366 g/mol. The van der Waals surface area contributed by atoms with E-state index in [-0.39, 0.29) is 16.5 Å². The minimum absolute atomic E-state index is 0.0999. The molecule has 8 heteroatoms. The molecule has 0 fully saturated rings. The monoisotopic (exact) mass is 366 g/mol. The molecular weight excluding hydrogens is 351 g/mol. The van der Waals surface area contributed by atoms with E-state index in [1.54, 1.807) is 24.5 Å². The van der Waals surface area contributed by atoms with Gasteiger partial charge in [0.05, 0.1) is 5.69 Å². The third kappa shape index (κ3) is 3.25. The zero-order chi connectivity index (χ0) is 17.3. The Balaban J connectivity index is 1.97. The van der Waals surface area contributed by atoms with E-state index in [0.29, 0.717) is 29.0 Å². The van der Waals surface area contributed by atoms with Gasteiger partial charge in [0.1, 0.15) is 10.7 Å². The smallest absolute Gasteiger partial charge is 0.263 e. The summed E-state index contributed by atoms with van der Waals surface area (Å²) in [5.41, 5.74) is 0.962. The van der Waals surface area contributed by atoms with Crippen molar-refractivity contribution in [2.45, 2.75) is 22.6 Å². The Kier molecular flexibility index (Phi) is 4.51. The number of rotatable bonds is 4. The lowest BCUT2D eigenvalue weighted by Gasteiger charge is -2.19. The van der Waals surface area contributed by atoms with E-state index in [1.807, 2.05) is 0 Å². The first-order chi connectivity index (χ1) is 11.4. The van der Waals surface area contributed by atoms with Crippen molar-refractivity contribution in [2.24, 2.45) is 0 Å². The van der Waals surface area contributed by atoms with E-state index in [4.69, 9.17) is 0 Å². The van der Waals surface area contributed by atoms with Crippen LogP contribution in [-0.2, 0) is 21.2 Å². The van der Waals surface area contributed by atoms with E-state index in [2.05, 4.69) is 10.0 Å². The van der Waals surface area contributed by atoms with Crippen LogP contribution in [0, 0.1) is 5.82 Å². The van der Waals surface area contributed by atoms with Crippen molar-refractivity contribution in [3.05, 3.63) is 47.8 Å². The number of benzene rings is 2. The summed E-state index contributed by atoms with van der Waals surface area (Å²) in [7, 11) is -3.91. The Morgan fingerprint density at radius 1 is 1.21 bits per heavy atom. The van der Waals surface area contributed by atoms with Crippen LogP contribution in [0.2, 0.25) is 0 Å². The zero-order valence-corrected chi connectivity index (χ0v) is 14.4. The van der Waals surface area contributed by atoms with Gasteiger partial charge in [-0.15, -0.1) is 11.8 Å². The number of carbonyl (C=O) groups excluding carboxylic acids is 1. The van der Waals surface area contributed by atoms with E-state index in [9.17, 15) is 17.6 Å². The van der Waals surface area contributed by atoms with Gasteiger partial charge in [-0.05, 0) is 42.5 Å². The highest BCUT2D eigenvalue weighted by Gasteiger charge is 2.22. The van der Waals surface area contributed by atoms with Crippen molar-refractivity contribution in [1.29, 1.82) is 0 Å². The molecule has 0 aliphatic carbocycles. The lowest BCUT2D eigenvalue weighted by Crippen LogP contribution is -2.20. The highest BCUT2D eigenvalue weighted by molar-refractivity contribution is 7.99. The molecule has 0 unspecified atom stereocenters. The SMILES string of the molecule is CSc1ccccc1S(=O)(=O)Nc1cc2c(cc1F)NC(=O)CC2. The molecule has 1 amide bonds. The van der Waals surface area contributed by atoms with Gasteiger partial charge in [-0.1, -0.05) is 12.1 Å². The van der Waals surface area contributed by atoms with Gasteiger partial charge in [-0.2, -0.15) is 0 Å². The molecule has 2 aromatic rings. The summed E-state index contributed by atoms with van der Waals surface area (Å²) in [5.74, 6) is -0.912. The first-order valence-corrected chi connectivity index (χ1v) is 9.89. The summed E-state index contributed by atoms with van der Waals surface area (Å²) < 4.78 is 41.7. The van der Waals surface area contributed by atoms with Gasteiger partial charge in [0.25, 0.3) is 10.0 Å². The number of aryl methyl sites for hydroxylation is 1. The van der Waals surface area contributed by atoms with E-state index in [0.717, 1.165) is 6.07 Å². The molecule has 0 bridgehead atoms. The van der Waals surface area contributed by atoms with Crippen LogP contribution in [0.4, 0.5) is 15.8 Å². The van der Waals surface area contributed by atoms with E-state index in [1.165, 1.54) is 23.9 Å². The number of fused-ring (bicyclic) bond motifs is 1. The number of amides is 1. The fourth-order valence-corrected chi connectivity index (χ4v) is 4.73. The number of sulfonamides is 1. The third-order valence-corrected chi connectivity index (χ3v) is 6.04. The summed E-state index contributed by atoms with van der Waals surface area (Å²) in [6.07, 6.45) is 2.51. The molecule has 0 radical (unpaired) electrons. The summed E-state index contributed by atoms with van der Waals surface area (Å²) in [6, 6.07) is 9.11. The number of carbonyl (C=O) groups is 1. The van der Waals surface area contributed by atoms with Gasteiger partial charge in [-0.3, -0.25) is 9.52 Å². The van der Waals surface area contributed by atoms with Crippen molar-refractivity contribution < 1.29 is 17.6 Å². The molecule has 24 heavy (non-hydrogen) atoms. The highest BCUT2D eigenvalue weighted by atomic mass is 32.2. The molecule has 126 valence electrons. The predicted molar refractivity (Wildman–Crippen MR) is 92.4 cm³/mol. The highest BCUT2D eigenvalue weighted by Crippen LogP contribution is 2.31. The molecule has 5 nitrogen and oxygen atoms in total. The van der Waals surface area contributed by atoms with E-state index < -0.39 is 15.8 Å². The minimum atomic E-state index is -3.91. The standard InChI is InChI=1S/C16H15FN2O3S2/c1-23-14-4-2-3-5-15(14)24(21,22)19-13-8-10-6-7-16(20)18-12(10)9-11(13)17/h2-5,8-9,19H,6-7H2,1H3,(H,18,20). The number of anilines is 2.